The molecule has 0 aromatic heterocycles. The fourth-order valence-corrected chi connectivity index (χ4v) is 2.09. The maximum Gasteiger partial charge on any atom is 0.389 e. The van der Waals surface area contributed by atoms with Gasteiger partial charge in [0.15, 0.2) is 0 Å². The van der Waals surface area contributed by atoms with Crippen LogP contribution in [0, 0.1) is 6.92 Å². The number of hydrogen-bond donors (Lipinski definition) is 0. The third-order valence-corrected chi connectivity index (χ3v) is 3.21. The Morgan fingerprint density at radius 1 is 0.556 bits per heavy atom. The van der Waals surface area contributed by atoms with E-state index in [1.807, 2.05) is 0 Å². The van der Waals surface area contributed by atoms with E-state index < -0.39 is 12.6 Å². The molecule has 0 aromatic rings. The molecule has 0 aromatic carbocycles. The molecule has 1 radical (unpaired) electrons. The van der Waals surface area contributed by atoms with Gasteiger partial charge in [-0.3, -0.25) is 0 Å². The van der Waals surface area contributed by atoms with Crippen LogP contribution in [-0.4, -0.2) is 6.18 Å². The van der Waals surface area contributed by atoms with Gasteiger partial charge in [-0.2, -0.15) is 13.2 Å². The van der Waals surface area contributed by atoms with Crippen molar-refractivity contribution in [2.45, 2.75) is 89.6 Å². The molecule has 0 fully saturated rings. The molecular formula is C15H28F3. The van der Waals surface area contributed by atoms with Crippen LogP contribution < -0.4 is 0 Å². The highest BCUT2D eigenvalue weighted by Gasteiger charge is 2.25. The molecule has 0 saturated carbocycles. The van der Waals surface area contributed by atoms with Gasteiger partial charge >= 0.3 is 6.18 Å². The number of rotatable bonds is 12. The van der Waals surface area contributed by atoms with Crippen molar-refractivity contribution in [2.24, 2.45) is 0 Å². The van der Waals surface area contributed by atoms with E-state index in [9.17, 15) is 13.2 Å². The minimum atomic E-state index is -3.96. The molecule has 0 nitrogen and oxygen atoms in total. The first-order valence-corrected chi connectivity index (χ1v) is 7.42. The molecule has 0 bridgehead atoms. The van der Waals surface area contributed by atoms with Gasteiger partial charge in [-0.05, 0) is 6.42 Å². The van der Waals surface area contributed by atoms with Crippen LogP contribution in [0.25, 0.3) is 0 Å². The Bertz CT molecular complexity index is 164. The molecule has 0 atom stereocenters. The SMILES string of the molecule is [CH2]CCCCCCCCCCCCCC(F)(F)F. The number of unbranched alkanes of at least 4 members (excludes halogenated alkanes) is 11. The van der Waals surface area contributed by atoms with Crippen LogP contribution in [0.1, 0.15) is 83.5 Å². The van der Waals surface area contributed by atoms with E-state index in [0.29, 0.717) is 6.42 Å². The van der Waals surface area contributed by atoms with Crippen molar-refractivity contribution >= 4 is 0 Å². The summed E-state index contributed by atoms with van der Waals surface area (Å²) >= 11 is 0. The second-order valence-electron chi connectivity index (χ2n) is 5.11. The molecule has 0 aliphatic heterocycles. The molecule has 0 unspecified atom stereocenters. The van der Waals surface area contributed by atoms with Crippen LogP contribution in [0.5, 0.6) is 0 Å². The van der Waals surface area contributed by atoms with E-state index in [1.165, 1.54) is 44.9 Å². The predicted molar refractivity (Wildman–Crippen MR) is 71.4 cm³/mol. The van der Waals surface area contributed by atoms with Crippen molar-refractivity contribution in [3.8, 4) is 0 Å². The summed E-state index contributed by atoms with van der Waals surface area (Å²) in [5.41, 5.74) is 0. The predicted octanol–water partition coefficient (Wildman–Crippen LogP) is 6.45. The molecule has 0 aliphatic carbocycles. The highest BCUT2D eigenvalue weighted by atomic mass is 19.4. The van der Waals surface area contributed by atoms with Crippen molar-refractivity contribution < 1.29 is 13.2 Å². The van der Waals surface area contributed by atoms with Crippen LogP contribution in [0.3, 0.4) is 0 Å². The number of halogens is 3. The molecule has 109 valence electrons. The van der Waals surface area contributed by atoms with Gasteiger partial charge in [-0.1, -0.05) is 77.6 Å². The van der Waals surface area contributed by atoms with Crippen molar-refractivity contribution in [1.82, 2.24) is 0 Å². The summed E-state index contributed by atoms with van der Waals surface area (Å²) in [7, 11) is 0. The fourth-order valence-electron chi connectivity index (χ4n) is 2.09. The average molecular weight is 265 g/mol. The molecule has 0 rings (SSSR count). The summed E-state index contributed by atoms with van der Waals surface area (Å²) in [4.78, 5) is 0. The van der Waals surface area contributed by atoms with E-state index >= 15 is 0 Å². The van der Waals surface area contributed by atoms with Crippen LogP contribution >= 0.6 is 0 Å². The lowest BCUT2D eigenvalue weighted by Gasteiger charge is -2.05. The average Bonchev–Trinajstić information content (AvgIpc) is 2.29. The van der Waals surface area contributed by atoms with Gasteiger partial charge in [0.25, 0.3) is 0 Å². The van der Waals surface area contributed by atoms with Crippen molar-refractivity contribution in [3.63, 3.8) is 0 Å². The molecule has 0 heterocycles. The Hall–Kier alpha value is -0.210. The topological polar surface area (TPSA) is 0 Å². The van der Waals surface area contributed by atoms with Gasteiger partial charge in [0, 0.05) is 6.42 Å². The molecule has 0 saturated heterocycles. The highest BCUT2D eigenvalue weighted by molar-refractivity contribution is 4.52. The summed E-state index contributed by atoms with van der Waals surface area (Å²) in [5, 5.41) is 0. The Labute approximate surface area is 110 Å². The first kappa shape index (κ1) is 17.8. The number of hydrogen-bond acceptors (Lipinski definition) is 0. The summed E-state index contributed by atoms with van der Waals surface area (Å²) < 4.78 is 35.6. The first-order valence-electron chi connectivity index (χ1n) is 7.42. The van der Waals surface area contributed by atoms with Crippen LogP contribution in [0.15, 0.2) is 0 Å². The lowest BCUT2D eigenvalue weighted by atomic mass is 10.0. The van der Waals surface area contributed by atoms with Crippen molar-refractivity contribution in [1.29, 1.82) is 0 Å². The summed E-state index contributed by atoms with van der Waals surface area (Å²) in [5.74, 6) is 0. The molecule has 0 N–H and O–H groups in total. The van der Waals surface area contributed by atoms with Gasteiger partial charge in [0.05, 0.1) is 0 Å². The molecule has 18 heavy (non-hydrogen) atoms. The maximum absolute atomic E-state index is 11.9. The van der Waals surface area contributed by atoms with Gasteiger partial charge < -0.3 is 0 Å². The second kappa shape index (κ2) is 11.9. The highest BCUT2D eigenvalue weighted by Crippen LogP contribution is 2.23. The molecule has 0 spiro atoms. The van der Waals surface area contributed by atoms with E-state index in [1.54, 1.807) is 0 Å². The minimum absolute atomic E-state index is 0.300. The Balaban J connectivity index is 2.99. The third-order valence-electron chi connectivity index (χ3n) is 3.21. The quantitative estimate of drug-likeness (QED) is 0.355. The zero-order valence-electron chi connectivity index (χ0n) is 11.5. The largest absolute Gasteiger partial charge is 0.389 e. The summed E-state index contributed by atoms with van der Waals surface area (Å²) in [6.07, 6.45) is 8.37. The molecule has 0 amide bonds. The Morgan fingerprint density at radius 2 is 0.889 bits per heavy atom. The Morgan fingerprint density at radius 3 is 1.22 bits per heavy atom. The van der Waals surface area contributed by atoms with E-state index in [2.05, 4.69) is 6.92 Å². The minimum Gasteiger partial charge on any atom is -0.171 e. The standard InChI is InChI=1S/C15H28F3/c1-2-3-4-5-6-7-8-9-10-11-12-13-14-15(16,17)18/h1-14H2. The van der Waals surface area contributed by atoms with E-state index in [0.717, 1.165) is 25.7 Å². The van der Waals surface area contributed by atoms with Gasteiger partial charge in [0.2, 0.25) is 0 Å². The molecule has 3 heteroatoms. The van der Waals surface area contributed by atoms with Crippen LogP contribution in [-0.2, 0) is 0 Å². The van der Waals surface area contributed by atoms with E-state index in [-0.39, 0.29) is 0 Å². The van der Waals surface area contributed by atoms with Crippen LogP contribution in [0.2, 0.25) is 0 Å². The van der Waals surface area contributed by atoms with Gasteiger partial charge in [-0.25, -0.2) is 0 Å². The fraction of sp³-hybridized carbons (Fsp3) is 0.933. The zero-order chi connectivity index (χ0) is 13.7. The monoisotopic (exact) mass is 265 g/mol. The maximum atomic E-state index is 11.9. The number of alkyl halides is 3. The third kappa shape index (κ3) is 15.8. The first-order chi connectivity index (χ1) is 8.56. The van der Waals surface area contributed by atoms with Crippen molar-refractivity contribution in [3.05, 3.63) is 6.92 Å². The lowest BCUT2D eigenvalue weighted by Crippen LogP contribution is -2.06. The van der Waals surface area contributed by atoms with Crippen molar-refractivity contribution in [2.75, 3.05) is 0 Å². The summed E-state index contributed by atoms with van der Waals surface area (Å²) in [6.45, 7) is 3.81. The van der Waals surface area contributed by atoms with Crippen LogP contribution in [0.4, 0.5) is 13.2 Å². The van der Waals surface area contributed by atoms with E-state index in [4.69, 9.17) is 0 Å². The zero-order valence-corrected chi connectivity index (χ0v) is 11.5. The Kier molecular flexibility index (Phi) is 11.7. The second-order valence-corrected chi connectivity index (χ2v) is 5.11. The molecule has 0 aliphatic rings. The van der Waals surface area contributed by atoms with Gasteiger partial charge in [0.1, 0.15) is 0 Å². The summed E-state index contributed by atoms with van der Waals surface area (Å²) in [6, 6.07) is 0. The van der Waals surface area contributed by atoms with Gasteiger partial charge in [-0.15, -0.1) is 0 Å². The lowest BCUT2D eigenvalue weighted by molar-refractivity contribution is -0.135. The normalized spacial score (nSPS) is 12.0. The molecular weight excluding hydrogens is 237 g/mol. The smallest absolute Gasteiger partial charge is 0.171 e.